The number of ether oxygens (including phenoxy) is 1. The van der Waals surface area contributed by atoms with Crippen molar-refractivity contribution in [2.75, 3.05) is 0 Å². The predicted octanol–water partition coefficient (Wildman–Crippen LogP) is 3.51. The summed E-state index contributed by atoms with van der Waals surface area (Å²) >= 11 is 1.06. The first-order chi connectivity index (χ1) is 14.8. The van der Waals surface area contributed by atoms with Crippen LogP contribution in [0.15, 0.2) is 68.1 Å². The van der Waals surface area contributed by atoms with Crippen LogP contribution < -0.4 is 10.4 Å². The van der Waals surface area contributed by atoms with Gasteiger partial charge in [-0.15, -0.1) is 10.2 Å². The van der Waals surface area contributed by atoms with Gasteiger partial charge in [0.05, 0.1) is 15.4 Å². The van der Waals surface area contributed by atoms with Crippen LogP contribution in [0.3, 0.4) is 0 Å². The van der Waals surface area contributed by atoms with Gasteiger partial charge in [-0.05, 0) is 48.5 Å². The third-order valence-corrected chi connectivity index (χ3v) is 5.51. The van der Waals surface area contributed by atoms with Crippen LogP contribution in [0, 0.1) is 17.0 Å². The predicted molar refractivity (Wildman–Crippen MR) is 110 cm³/mol. The zero-order valence-corrected chi connectivity index (χ0v) is 17.1. The zero-order valence-electron chi connectivity index (χ0n) is 16.3. The summed E-state index contributed by atoms with van der Waals surface area (Å²) in [5, 5.41) is 20.3. The molecule has 11 heteroatoms. The molecule has 2 aromatic heterocycles. The van der Waals surface area contributed by atoms with Crippen molar-refractivity contribution in [2.24, 2.45) is 7.05 Å². The molecule has 0 bridgehead atoms. The molecular weight excluding hydrogens is 424 g/mol. The number of rotatable bonds is 5. The fraction of sp³-hybridized carbons (Fsp3) is 0.100. The number of nitro benzene ring substituents is 1. The Morgan fingerprint density at radius 2 is 2.03 bits per heavy atom. The second-order valence-electron chi connectivity index (χ2n) is 6.56. The Kier molecular flexibility index (Phi) is 5.26. The SMILES string of the molecule is Cc1cc(=O)oc2cc(OC(=O)c3ccc(Sc4nncn4C)c([N+](=O)[O-])c3)ccc12. The summed E-state index contributed by atoms with van der Waals surface area (Å²) in [6.07, 6.45) is 1.48. The van der Waals surface area contributed by atoms with Gasteiger partial charge in [-0.1, -0.05) is 0 Å². The van der Waals surface area contributed by atoms with Crippen LogP contribution in [0.25, 0.3) is 11.0 Å². The maximum atomic E-state index is 12.6. The van der Waals surface area contributed by atoms with E-state index in [1.807, 2.05) is 0 Å². The zero-order chi connectivity index (χ0) is 22.1. The van der Waals surface area contributed by atoms with Crippen LogP contribution in [-0.2, 0) is 7.05 Å². The van der Waals surface area contributed by atoms with Crippen molar-refractivity contribution in [3.8, 4) is 5.75 Å². The maximum Gasteiger partial charge on any atom is 0.343 e. The molecular formula is C20H14N4O6S. The minimum absolute atomic E-state index is 0.000179. The lowest BCUT2D eigenvalue weighted by atomic mass is 10.1. The summed E-state index contributed by atoms with van der Waals surface area (Å²) in [6.45, 7) is 1.77. The van der Waals surface area contributed by atoms with E-state index in [0.717, 1.165) is 23.4 Å². The lowest BCUT2D eigenvalue weighted by molar-refractivity contribution is -0.387. The van der Waals surface area contributed by atoms with Crippen LogP contribution >= 0.6 is 11.8 Å². The van der Waals surface area contributed by atoms with Gasteiger partial charge in [0.2, 0.25) is 0 Å². The molecule has 0 saturated carbocycles. The molecule has 2 aromatic carbocycles. The quantitative estimate of drug-likeness (QED) is 0.151. The number of nitro groups is 1. The van der Waals surface area contributed by atoms with E-state index in [0.29, 0.717) is 15.4 Å². The number of hydrogen-bond acceptors (Lipinski definition) is 9. The molecule has 0 spiro atoms. The largest absolute Gasteiger partial charge is 0.423 e. The van der Waals surface area contributed by atoms with Gasteiger partial charge in [0.25, 0.3) is 5.69 Å². The van der Waals surface area contributed by atoms with E-state index < -0.39 is 16.5 Å². The van der Waals surface area contributed by atoms with E-state index in [4.69, 9.17) is 9.15 Å². The van der Waals surface area contributed by atoms with Crippen LogP contribution in [0.4, 0.5) is 5.69 Å². The highest BCUT2D eigenvalue weighted by molar-refractivity contribution is 7.99. The summed E-state index contributed by atoms with van der Waals surface area (Å²) in [4.78, 5) is 35.4. The van der Waals surface area contributed by atoms with Gasteiger partial charge in [0.1, 0.15) is 17.7 Å². The monoisotopic (exact) mass is 438 g/mol. The van der Waals surface area contributed by atoms with Crippen LogP contribution in [0.1, 0.15) is 15.9 Å². The number of aromatic nitrogens is 3. The van der Waals surface area contributed by atoms with Gasteiger partial charge in [0, 0.05) is 30.6 Å². The number of benzene rings is 2. The molecule has 0 unspecified atom stereocenters. The second kappa shape index (κ2) is 8.03. The molecule has 0 radical (unpaired) electrons. The molecule has 10 nitrogen and oxygen atoms in total. The lowest BCUT2D eigenvalue weighted by Crippen LogP contribution is -2.09. The molecule has 0 aliphatic heterocycles. The summed E-state index contributed by atoms with van der Waals surface area (Å²) in [6, 6.07) is 10.0. The minimum Gasteiger partial charge on any atom is -0.423 e. The van der Waals surface area contributed by atoms with Crippen molar-refractivity contribution < 1.29 is 18.9 Å². The van der Waals surface area contributed by atoms with E-state index in [9.17, 15) is 19.7 Å². The van der Waals surface area contributed by atoms with Crippen molar-refractivity contribution in [3.05, 3.63) is 80.5 Å². The van der Waals surface area contributed by atoms with Crippen molar-refractivity contribution >= 4 is 34.4 Å². The van der Waals surface area contributed by atoms with Crippen LogP contribution in [0.5, 0.6) is 5.75 Å². The highest BCUT2D eigenvalue weighted by atomic mass is 32.2. The van der Waals surface area contributed by atoms with Gasteiger partial charge in [0.15, 0.2) is 5.16 Å². The number of carbonyl (C=O) groups excluding carboxylic acids is 1. The number of carbonyl (C=O) groups is 1. The Morgan fingerprint density at radius 1 is 1.23 bits per heavy atom. The summed E-state index contributed by atoms with van der Waals surface area (Å²) in [5.41, 5.74) is 0.231. The average Bonchev–Trinajstić information content (AvgIpc) is 3.12. The van der Waals surface area contributed by atoms with Crippen LogP contribution in [0.2, 0.25) is 0 Å². The Balaban J connectivity index is 1.62. The topological polar surface area (TPSA) is 130 Å². The maximum absolute atomic E-state index is 12.6. The number of hydrogen-bond donors (Lipinski definition) is 0. The van der Waals surface area contributed by atoms with Crippen molar-refractivity contribution in [3.63, 3.8) is 0 Å². The number of fused-ring (bicyclic) bond motifs is 1. The van der Waals surface area contributed by atoms with Crippen LogP contribution in [-0.4, -0.2) is 25.7 Å². The number of aryl methyl sites for hydroxylation is 2. The highest BCUT2D eigenvalue weighted by Crippen LogP contribution is 2.34. The molecule has 4 aromatic rings. The number of nitrogens with zero attached hydrogens (tertiary/aromatic N) is 4. The molecule has 0 N–H and O–H groups in total. The molecule has 156 valence electrons. The Bertz CT molecular complexity index is 1390. The van der Waals surface area contributed by atoms with E-state index in [2.05, 4.69) is 10.2 Å². The molecule has 4 rings (SSSR count). The van der Waals surface area contributed by atoms with Gasteiger partial charge >= 0.3 is 11.6 Å². The summed E-state index contributed by atoms with van der Waals surface area (Å²) < 4.78 is 12.1. The van der Waals surface area contributed by atoms with E-state index in [1.165, 1.54) is 30.6 Å². The van der Waals surface area contributed by atoms with Gasteiger partial charge in [-0.25, -0.2) is 9.59 Å². The molecule has 0 atom stereocenters. The fourth-order valence-electron chi connectivity index (χ4n) is 2.87. The molecule has 0 amide bonds. The van der Waals surface area contributed by atoms with Crippen molar-refractivity contribution in [1.82, 2.24) is 14.8 Å². The summed E-state index contributed by atoms with van der Waals surface area (Å²) in [7, 11) is 1.72. The van der Waals surface area contributed by atoms with Crippen molar-refractivity contribution in [1.29, 1.82) is 0 Å². The standard InChI is InChI=1S/C20H14N4O6S/c1-11-7-18(25)30-16-9-13(4-5-14(11)16)29-19(26)12-3-6-17(15(8-12)24(27)28)31-20-22-21-10-23(20)2/h3-10H,1-2H3. The molecule has 2 heterocycles. The Hall–Kier alpha value is -3.99. The fourth-order valence-corrected chi connectivity index (χ4v) is 3.72. The Morgan fingerprint density at radius 3 is 2.74 bits per heavy atom. The van der Waals surface area contributed by atoms with E-state index in [1.54, 1.807) is 30.7 Å². The molecule has 31 heavy (non-hydrogen) atoms. The molecule has 0 fully saturated rings. The lowest BCUT2D eigenvalue weighted by Gasteiger charge is -2.07. The van der Waals surface area contributed by atoms with E-state index in [-0.39, 0.29) is 22.6 Å². The van der Waals surface area contributed by atoms with Crippen molar-refractivity contribution in [2.45, 2.75) is 17.0 Å². The van der Waals surface area contributed by atoms with Gasteiger partial charge in [-0.3, -0.25) is 10.1 Å². The summed E-state index contributed by atoms with van der Waals surface area (Å²) in [5.74, 6) is -0.640. The molecule has 0 saturated heterocycles. The Labute approximate surface area is 178 Å². The average molecular weight is 438 g/mol. The third-order valence-electron chi connectivity index (χ3n) is 4.40. The molecule has 0 aliphatic rings. The highest BCUT2D eigenvalue weighted by Gasteiger charge is 2.21. The van der Waals surface area contributed by atoms with Gasteiger partial charge in [-0.2, -0.15) is 0 Å². The second-order valence-corrected chi connectivity index (χ2v) is 7.57. The minimum atomic E-state index is -0.785. The van der Waals surface area contributed by atoms with E-state index >= 15 is 0 Å². The first kappa shape index (κ1) is 20.3. The molecule has 0 aliphatic carbocycles. The van der Waals surface area contributed by atoms with Gasteiger partial charge < -0.3 is 13.7 Å². The normalized spacial score (nSPS) is 10.9. The number of esters is 1. The first-order valence-corrected chi connectivity index (χ1v) is 9.70. The third kappa shape index (κ3) is 4.16. The smallest absolute Gasteiger partial charge is 0.343 e. The first-order valence-electron chi connectivity index (χ1n) is 8.89.